The number of aromatic amines is 1. The van der Waals surface area contributed by atoms with Gasteiger partial charge in [0.1, 0.15) is 5.69 Å². The summed E-state index contributed by atoms with van der Waals surface area (Å²) in [5.41, 5.74) is -0.0772. The van der Waals surface area contributed by atoms with Gasteiger partial charge < -0.3 is 10.6 Å². The molecule has 3 N–H and O–H groups in total. The van der Waals surface area contributed by atoms with Crippen LogP contribution in [0.3, 0.4) is 0 Å². The van der Waals surface area contributed by atoms with E-state index in [-0.39, 0.29) is 17.2 Å². The maximum Gasteiger partial charge on any atom is 0.271 e. The van der Waals surface area contributed by atoms with E-state index in [4.69, 9.17) is 0 Å². The fourth-order valence-corrected chi connectivity index (χ4v) is 1.71. The number of hydrogen-bond acceptors (Lipinski definition) is 4. The normalized spacial score (nSPS) is 19.6. The van der Waals surface area contributed by atoms with Gasteiger partial charge in [-0.3, -0.25) is 9.59 Å². The second kappa shape index (κ2) is 4.89. The highest BCUT2D eigenvalue weighted by Gasteiger charge is 2.15. The van der Waals surface area contributed by atoms with Crippen LogP contribution in [0.5, 0.6) is 0 Å². The molecule has 1 aliphatic rings. The van der Waals surface area contributed by atoms with E-state index in [1.807, 2.05) is 0 Å². The minimum atomic E-state index is -0.311. The average molecular weight is 222 g/mol. The van der Waals surface area contributed by atoms with E-state index in [2.05, 4.69) is 20.8 Å². The predicted octanol–water partition coefficient (Wildman–Crippen LogP) is -0.748. The number of nitrogens with zero attached hydrogens (tertiary/aromatic N) is 1. The third-order valence-corrected chi connectivity index (χ3v) is 2.58. The number of carbonyl (C=O) groups excluding carboxylic acids is 1. The zero-order valence-corrected chi connectivity index (χ0v) is 8.82. The van der Waals surface area contributed by atoms with Crippen LogP contribution >= 0.6 is 0 Å². The van der Waals surface area contributed by atoms with Gasteiger partial charge in [0.15, 0.2) is 0 Å². The largest absolute Gasteiger partial charge is 0.349 e. The Morgan fingerprint density at radius 1 is 1.56 bits per heavy atom. The molecule has 0 saturated carbocycles. The van der Waals surface area contributed by atoms with Gasteiger partial charge in [-0.05, 0) is 25.5 Å². The molecule has 2 rings (SSSR count). The topological polar surface area (TPSA) is 86.9 Å². The van der Waals surface area contributed by atoms with Gasteiger partial charge in [-0.15, -0.1) is 0 Å². The van der Waals surface area contributed by atoms with Crippen LogP contribution in [0.1, 0.15) is 23.3 Å². The van der Waals surface area contributed by atoms with Crippen molar-refractivity contribution in [3.8, 4) is 0 Å². The Balaban J connectivity index is 1.87. The first kappa shape index (κ1) is 10.8. The van der Waals surface area contributed by atoms with E-state index in [9.17, 15) is 9.59 Å². The fourth-order valence-electron chi connectivity index (χ4n) is 1.71. The van der Waals surface area contributed by atoms with Crippen LogP contribution in [0.2, 0.25) is 0 Å². The van der Waals surface area contributed by atoms with E-state index >= 15 is 0 Å². The Labute approximate surface area is 92.4 Å². The lowest BCUT2D eigenvalue weighted by atomic mass is 10.2. The predicted molar refractivity (Wildman–Crippen MR) is 58.2 cm³/mol. The van der Waals surface area contributed by atoms with Crippen molar-refractivity contribution in [2.24, 2.45) is 0 Å². The Bertz CT molecular complexity index is 403. The van der Waals surface area contributed by atoms with Crippen LogP contribution in [0.4, 0.5) is 0 Å². The van der Waals surface area contributed by atoms with Gasteiger partial charge in [0, 0.05) is 18.7 Å². The van der Waals surface area contributed by atoms with Crippen LogP contribution in [-0.2, 0) is 0 Å². The second-order valence-electron chi connectivity index (χ2n) is 3.81. The first-order valence-corrected chi connectivity index (χ1v) is 5.33. The van der Waals surface area contributed by atoms with Gasteiger partial charge in [0.2, 0.25) is 0 Å². The molecule has 0 radical (unpaired) electrons. The van der Waals surface area contributed by atoms with Gasteiger partial charge in [-0.2, -0.15) is 5.10 Å². The van der Waals surface area contributed by atoms with E-state index in [0.717, 1.165) is 19.4 Å². The molecule has 6 heteroatoms. The standard InChI is InChI=1S/C10H14N4O2/c15-9-4-3-8(13-14-9)10(16)12-6-7-2-1-5-11-7/h3-4,7,11H,1-2,5-6H2,(H,12,16)(H,14,15). The molecule has 1 aliphatic heterocycles. The minimum absolute atomic E-state index is 0.234. The molecule has 16 heavy (non-hydrogen) atoms. The maximum atomic E-state index is 11.6. The number of rotatable bonds is 3. The lowest BCUT2D eigenvalue weighted by molar-refractivity contribution is 0.0944. The molecule has 1 saturated heterocycles. The summed E-state index contributed by atoms with van der Waals surface area (Å²) in [6, 6.07) is 3.05. The SMILES string of the molecule is O=C(NCC1CCCN1)c1ccc(=O)[nH]n1. The molecule has 2 heterocycles. The number of nitrogens with one attached hydrogen (secondary N) is 3. The molecule has 1 fully saturated rings. The first-order valence-electron chi connectivity index (χ1n) is 5.33. The van der Waals surface area contributed by atoms with Crippen molar-refractivity contribution >= 4 is 5.91 Å². The van der Waals surface area contributed by atoms with Crippen LogP contribution < -0.4 is 16.2 Å². The Kier molecular flexibility index (Phi) is 3.31. The monoisotopic (exact) mass is 222 g/mol. The van der Waals surface area contributed by atoms with Crippen LogP contribution in [0.15, 0.2) is 16.9 Å². The Hall–Kier alpha value is -1.69. The molecule has 86 valence electrons. The molecule has 0 bridgehead atoms. The van der Waals surface area contributed by atoms with Gasteiger partial charge in [0.05, 0.1) is 0 Å². The number of carbonyl (C=O) groups is 1. The highest BCUT2D eigenvalue weighted by Crippen LogP contribution is 2.03. The summed E-state index contributed by atoms with van der Waals surface area (Å²) in [7, 11) is 0. The molecule has 1 aromatic rings. The Morgan fingerprint density at radius 3 is 3.06 bits per heavy atom. The number of aromatic nitrogens is 2. The zero-order valence-electron chi connectivity index (χ0n) is 8.82. The highest BCUT2D eigenvalue weighted by molar-refractivity contribution is 5.91. The molecular weight excluding hydrogens is 208 g/mol. The van der Waals surface area contributed by atoms with Crippen LogP contribution in [0, 0.1) is 0 Å². The van der Waals surface area contributed by atoms with Crippen LogP contribution in [0.25, 0.3) is 0 Å². The van der Waals surface area contributed by atoms with Crippen molar-refractivity contribution in [2.75, 3.05) is 13.1 Å². The van der Waals surface area contributed by atoms with E-state index in [0.29, 0.717) is 12.6 Å². The molecule has 1 atom stereocenters. The van der Waals surface area contributed by atoms with E-state index in [1.54, 1.807) is 0 Å². The van der Waals surface area contributed by atoms with Gasteiger partial charge in [-0.25, -0.2) is 5.10 Å². The quantitative estimate of drug-likeness (QED) is 0.628. The lowest BCUT2D eigenvalue weighted by Crippen LogP contribution is -2.37. The molecule has 1 aromatic heterocycles. The summed E-state index contributed by atoms with van der Waals surface area (Å²) in [4.78, 5) is 22.3. The summed E-state index contributed by atoms with van der Waals surface area (Å²) >= 11 is 0. The van der Waals surface area contributed by atoms with Gasteiger partial charge in [0.25, 0.3) is 11.5 Å². The molecular formula is C10H14N4O2. The third-order valence-electron chi connectivity index (χ3n) is 2.58. The Morgan fingerprint density at radius 2 is 2.44 bits per heavy atom. The summed E-state index contributed by atoms with van der Waals surface area (Å²) in [6.45, 7) is 1.61. The molecule has 1 amide bonds. The minimum Gasteiger partial charge on any atom is -0.349 e. The van der Waals surface area contributed by atoms with Crippen molar-refractivity contribution in [1.29, 1.82) is 0 Å². The average Bonchev–Trinajstić information content (AvgIpc) is 2.80. The summed E-state index contributed by atoms with van der Waals surface area (Å²) in [5, 5.41) is 11.9. The van der Waals surface area contributed by atoms with Gasteiger partial charge in [-0.1, -0.05) is 0 Å². The third kappa shape index (κ3) is 2.66. The fraction of sp³-hybridized carbons (Fsp3) is 0.500. The maximum absolute atomic E-state index is 11.6. The van der Waals surface area contributed by atoms with Crippen molar-refractivity contribution in [3.63, 3.8) is 0 Å². The van der Waals surface area contributed by atoms with E-state index < -0.39 is 0 Å². The summed E-state index contributed by atoms with van der Waals surface area (Å²) in [6.07, 6.45) is 2.23. The zero-order chi connectivity index (χ0) is 11.4. The summed E-state index contributed by atoms with van der Waals surface area (Å²) in [5.74, 6) is -0.259. The number of amides is 1. The number of H-pyrrole nitrogens is 1. The molecule has 0 aromatic carbocycles. The number of hydrogen-bond donors (Lipinski definition) is 3. The smallest absolute Gasteiger partial charge is 0.271 e. The highest BCUT2D eigenvalue weighted by atomic mass is 16.2. The van der Waals surface area contributed by atoms with Crippen molar-refractivity contribution in [3.05, 3.63) is 28.2 Å². The molecule has 6 nitrogen and oxygen atoms in total. The van der Waals surface area contributed by atoms with Crippen molar-refractivity contribution in [1.82, 2.24) is 20.8 Å². The van der Waals surface area contributed by atoms with Crippen molar-refractivity contribution < 1.29 is 4.79 Å². The van der Waals surface area contributed by atoms with Crippen molar-refractivity contribution in [2.45, 2.75) is 18.9 Å². The second-order valence-corrected chi connectivity index (χ2v) is 3.81. The van der Waals surface area contributed by atoms with E-state index in [1.165, 1.54) is 12.1 Å². The van der Waals surface area contributed by atoms with Gasteiger partial charge >= 0.3 is 0 Å². The molecule has 0 spiro atoms. The lowest BCUT2D eigenvalue weighted by Gasteiger charge is -2.10. The summed E-state index contributed by atoms with van der Waals surface area (Å²) < 4.78 is 0. The molecule has 1 unspecified atom stereocenters. The molecule has 0 aliphatic carbocycles. The first-order chi connectivity index (χ1) is 7.75. The van der Waals surface area contributed by atoms with Crippen LogP contribution in [-0.4, -0.2) is 35.2 Å².